The van der Waals surface area contributed by atoms with Crippen molar-refractivity contribution >= 4 is 23.2 Å². The number of carboxylic acid groups (broad SMARTS) is 1. The highest BCUT2D eigenvalue weighted by Crippen LogP contribution is 2.24. The molecule has 76 valence electrons. The third-order valence-electron chi connectivity index (χ3n) is 2.06. The number of hydrogen-bond donors (Lipinski definition) is 1. The highest BCUT2D eigenvalue weighted by Gasteiger charge is 2.19. The number of furan rings is 1. The third kappa shape index (κ3) is 1.28. The van der Waals surface area contributed by atoms with E-state index in [1.165, 1.54) is 12.3 Å². The van der Waals surface area contributed by atoms with Gasteiger partial charge in [-0.1, -0.05) is 0 Å². The van der Waals surface area contributed by atoms with Crippen LogP contribution in [0.1, 0.15) is 20.7 Å². The van der Waals surface area contributed by atoms with E-state index in [1.807, 2.05) is 0 Å². The van der Waals surface area contributed by atoms with Gasteiger partial charge < -0.3 is 9.52 Å². The summed E-state index contributed by atoms with van der Waals surface area (Å²) in [6.45, 7) is 0. The predicted molar refractivity (Wildman–Crippen MR) is 48.5 cm³/mol. The van der Waals surface area contributed by atoms with Crippen LogP contribution >= 0.6 is 0 Å². The van der Waals surface area contributed by atoms with Crippen LogP contribution in [0.5, 0.6) is 0 Å². The maximum Gasteiger partial charge on any atom is 0.338 e. The van der Waals surface area contributed by atoms with Gasteiger partial charge in [0.25, 0.3) is 0 Å². The summed E-state index contributed by atoms with van der Waals surface area (Å²) in [4.78, 5) is 21.3. The number of aromatic carboxylic acids is 1. The second-order valence-corrected chi connectivity index (χ2v) is 2.91. The molecule has 1 aromatic carbocycles. The van der Waals surface area contributed by atoms with Crippen LogP contribution in [-0.4, -0.2) is 17.4 Å². The Morgan fingerprint density at radius 3 is 2.87 bits per heavy atom. The molecule has 0 spiro atoms. The van der Waals surface area contributed by atoms with Crippen LogP contribution < -0.4 is 0 Å². The lowest BCUT2D eigenvalue weighted by molar-refractivity contribution is 0.0692. The van der Waals surface area contributed by atoms with Crippen LogP contribution in [0, 0.1) is 5.82 Å². The number of carbonyl (C=O) groups excluding carboxylic acids is 1. The number of rotatable bonds is 2. The number of carboxylic acids is 1. The maximum atomic E-state index is 13.5. The largest absolute Gasteiger partial charge is 0.478 e. The van der Waals surface area contributed by atoms with Gasteiger partial charge >= 0.3 is 5.97 Å². The first kappa shape index (κ1) is 9.39. The summed E-state index contributed by atoms with van der Waals surface area (Å²) in [5.41, 5.74) is -0.839. The lowest BCUT2D eigenvalue weighted by Gasteiger charge is -2.00. The number of carbonyl (C=O) groups is 2. The van der Waals surface area contributed by atoms with Crippen molar-refractivity contribution in [2.75, 3.05) is 0 Å². The minimum absolute atomic E-state index is 0.0625. The van der Waals surface area contributed by atoms with Crippen molar-refractivity contribution in [3.05, 3.63) is 35.3 Å². The molecule has 0 aliphatic rings. The van der Waals surface area contributed by atoms with Crippen LogP contribution in [0.2, 0.25) is 0 Å². The lowest BCUT2D eigenvalue weighted by atomic mass is 10.1. The highest BCUT2D eigenvalue weighted by atomic mass is 19.1. The maximum absolute atomic E-state index is 13.5. The Labute approximate surface area is 82.9 Å². The van der Waals surface area contributed by atoms with Crippen LogP contribution in [0.3, 0.4) is 0 Å². The van der Waals surface area contributed by atoms with Gasteiger partial charge in [-0.15, -0.1) is 0 Å². The van der Waals surface area contributed by atoms with E-state index in [4.69, 9.17) is 9.52 Å². The second-order valence-electron chi connectivity index (χ2n) is 2.91. The molecule has 1 heterocycles. The summed E-state index contributed by atoms with van der Waals surface area (Å²) < 4.78 is 18.4. The lowest BCUT2D eigenvalue weighted by Crippen LogP contribution is -2.03. The Balaban J connectivity index is 2.91. The zero-order chi connectivity index (χ0) is 11.0. The van der Waals surface area contributed by atoms with Crippen LogP contribution in [0.4, 0.5) is 4.39 Å². The summed E-state index contributed by atoms with van der Waals surface area (Å²) >= 11 is 0. The fraction of sp³-hybridized carbons (Fsp3) is 0. The van der Waals surface area contributed by atoms with Gasteiger partial charge in [-0.3, -0.25) is 4.79 Å². The van der Waals surface area contributed by atoms with Crippen molar-refractivity contribution in [3.63, 3.8) is 0 Å². The fourth-order valence-corrected chi connectivity index (χ4v) is 1.38. The Morgan fingerprint density at radius 2 is 2.27 bits per heavy atom. The van der Waals surface area contributed by atoms with E-state index < -0.39 is 17.3 Å². The van der Waals surface area contributed by atoms with Gasteiger partial charge in [0.15, 0.2) is 12.1 Å². The quantitative estimate of drug-likeness (QED) is 0.767. The minimum atomic E-state index is -1.42. The van der Waals surface area contributed by atoms with Gasteiger partial charge in [-0.25, -0.2) is 9.18 Å². The van der Waals surface area contributed by atoms with Gasteiger partial charge in [0, 0.05) is 5.39 Å². The molecule has 2 rings (SSSR count). The van der Waals surface area contributed by atoms with Gasteiger partial charge in [0.2, 0.25) is 0 Å². The van der Waals surface area contributed by atoms with Crippen molar-refractivity contribution < 1.29 is 23.5 Å². The molecule has 0 amide bonds. The molecule has 15 heavy (non-hydrogen) atoms. The summed E-state index contributed by atoms with van der Waals surface area (Å²) in [7, 11) is 0. The Morgan fingerprint density at radius 1 is 1.53 bits per heavy atom. The van der Waals surface area contributed by atoms with Crippen molar-refractivity contribution in [1.29, 1.82) is 0 Å². The highest BCUT2D eigenvalue weighted by molar-refractivity contribution is 6.01. The van der Waals surface area contributed by atoms with Crippen molar-refractivity contribution in [2.24, 2.45) is 0 Å². The second kappa shape index (κ2) is 3.20. The molecule has 0 aliphatic heterocycles. The SMILES string of the molecule is O=Cc1c(F)c(C(=O)O)cc2ccoc12. The molecule has 5 heteroatoms. The number of benzene rings is 1. The molecule has 1 N–H and O–H groups in total. The summed E-state index contributed by atoms with van der Waals surface area (Å²) in [6.07, 6.45) is 1.51. The van der Waals surface area contributed by atoms with Crippen LogP contribution in [-0.2, 0) is 0 Å². The van der Waals surface area contributed by atoms with Gasteiger partial charge in [0.1, 0.15) is 5.58 Å². The molecular formula is C10H5FO4. The van der Waals surface area contributed by atoms with E-state index in [0.717, 1.165) is 6.07 Å². The molecule has 0 saturated carbocycles. The molecule has 4 nitrogen and oxygen atoms in total. The Kier molecular flexibility index (Phi) is 2.00. The molecule has 0 atom stereocenters. The minimum Gasteiger partial charge on any atom is -0.478 e. The molecular weight excluding hydrogens is 203 g/mol. The van der Waals surface area contributed by atoms with Crippen LogP contribution in [0.25, 0.3) is 11.0 Å². The molecule has 0 fully saturated rings. The predicted octanol–water partition coefficient (Wildman–Crippen LogP) is 2.08. The molecule has 1 aromatic heterocycles. The third-order valence-corrected chi connectivity index (χ3v) is 2.06. The normalized spacial score (nSPS) is 10.5. The number of hydrogen-bond acceptors (Lipinski definition) is 3. The van der Waals surface area contributed by atoms with E-state index in [2.05, 4.69) is 0 Å². The van der Waals surface area contributed by atoms with Gasteiger partial charge in [-0.2, -0.15) is 0 Å². The number of aldehydes is 1. The molecule has 0 aliphatic carbocycles. The summed E-state index contributed by atoms with van der Waals surface area (Å²) in [6, 6.07) is 2.59. The first-order valence-electron chi connectivity index (χ1n) is 4.03. The first-order valence-corrected chi connectivity index (χ1v) is 4.03. The van der Waals surface area contributed by atoms with Gasteiger partial charge in [-0.05, 0) is 12.1 Å². The molecule has 2 aromatic rings. The van der Waals surface area contributed by atoms with E-state index in [9.17, 15) is 14.0 Å². The first-order chi connectivity index (χ1) is 7.15. The van der Waals surface area contributed by atoms with E-state index >= 15 is 0 Å². The topological polar surface area (TPSA) is 67.5 Å². The Bertz CT molecular complexity index is 556. The average molecular weight is 208 g/mol. The zero-order valence-electron chi connectivity index (χ0n) is 7.36. The molecule has 0 saturated heterocycles. The summed E-state index contributed by atoms with van der Waals surface area (Å²) in [5.74, 6) is -2.49. The van der Waals surface area contributed by atoms with E-state index in [-0.39, 0.29) is 17.4 Å². The number of halogens is 1. The molecule has 0 bridgehead atoms. The van der Waals surface area contributed by atoms with Gasteiger partial charge in [0.05, 0.1) is 17.4 Å². The number of fused-ring (bicyclic) bond motifs is 1. The van der Waals surface area contributed by atoms with E-state index in [0.29, 0.717) is 5.39 Å². The fourth-order valence-electron chi connectivity index (χ4n) is 1.38. The molecule has 0 unspecified atom stereocenters. The van der Waals surface area contributed by atoms with Crippen molar-refractivity contribution in [3.8, 4) is 0 Å². The van der Waals surface area contributed by atoms with Crippen molar-refractivity contribution in [1.82, 2.24) is 0 Å². The average Bonchev–Trinajstić information content (AvgIpc) is 2.64. The summed E-state index contributed by atoms with van der Waals surface area (Å²) in [5, 5.41) is 9.08. The van der Waals surface area contributed by atoms with Crippen LogP contribution in [0.15, 0.2) is 22.8 Å². The molecule has 0 radical (unpaired) electrons. The monoisotopic (exact) mass is 208 g/mol. The zero-order valence-corrected chi connectivity index (χ0v) is 7.36. The Hall–Kier alpha value is -2.17. The van der Waals surface area contributed by atoms with E-state index in [1.54, 1.807) is 0 Å². The van der Waals surface area contributed by atoms with Crippen molar-refractivity contribution in [2.45, 2.75) is 0 Å². The smallest absolute Gasteiger partial charge is 0.338 e. The standard InChI is InChI=1S/C10H5FO4/c11-8-6(10(13)14)3-5-1-2-15-9(5)7(8)4-12/h1-4H,(H,13,14).